The van der Waals surface area contributed by atoms with Crippen LogP contribution in [0.25, 0.3) is 0 Å². The van der Waals surface area contributed by atoms with Gasteiger partial charge >= 0.3 is 0 Å². The van der Waals surface area contributed by atoms with Crippen LogP contribution in [-0.2, 0) is 4.79 Å². The molecule has 0 unspecified atom stereocenters. The molecular formula is C17H18N4O3S. The van der Waals surface area contributed by atoms with E-state index in [1.165, 1.54) is 12.4 Å². The van der Waals surface area contributed by atoms with Crippen molar-refractivity contribution in [3.63, 3.8) is 0 Å². The lowest BCUT2D eigenvalue weighted by Crippen LogP contribution is -2.49. The summed E-state index contributed by atoms with van der Waals surface area (Å²) in [4.78, 5) is 27.4. The van der Waals surface area contributed by atoms with Crippen LogP contribution in [-0.4, -0.2) is 28.5 Å². The first-order valence-corrected chi connectivity index (χ1v) is 7.87. The Morgan fingerprint density at radius 1 is 1.08 bits per heavy atom. The first kappa shape index (κ1) is 18.3. The van der Waals surface area contributed by atoms with E-state index in [-0.39, 0.29) is 11.7 Å². The van der Waals surface area contributed by atoms with Crippen molar-refractivity contribution in [1.29, 1.82) is 0 Å². The summed E-state index contributed by atoms with van der Waals surface area (Å²) in [5.74, 6) is -0.234. The van der Waals surface area contributed by atoms with Crippen LogP contribution in [0.2, 0.25) is 0 Å². The van der Waals surface area contributed by atoms with Gasteiger partial charge in [-0.3, -0.25) is 30.7 Å². The standard InChI is InChI=1S/C17H18N4O3S/c1-11-3-4-14(9-12(11)2)24-10-15(22)19-17(25)21-20-16(23)13-5-7-18-8-6-13/h3-9H,10H2,1-2H3,(H,20,23)(H2,19,21,22,25). The van der Waals surface area contributed by atoms with Crippen LogP contribution in [0.4, 0.5) is 0 Å². The van der Waals surface area contributed by atoms with Crippen LogP contribution in [0.5, 0.6) is 5.75 Å². The predicted molar refractivity (Wildman–Crippen MR) is 97.0 cm³/mol. The third-order valence-electron chi connectivity index (χ3n) is 3.33. The lowest BCUT2D eigenvalue weighted by Gasteiger charge is -2.11. The van der Waals surface area contributed by atoms with Gasteiger partial charge in [-0.05, 0) is 61.5 Å². The molecule has 2 rings (SSSR count). The molecule has 0 aliphatic heterocycles. The van der Waals surface area contributed by atoms with Gasteiger partial charge in [0.2, 0.25) is 0 Å². The Balaban J connectivity index is 1.73. The third kappa shape index (κ3) is 5.85. The summed E-state index contributed by atoms with van der Waals surface area (Å²) in [7, 11) is 0. The molecule has 1 aromatic carbocycles. The minimum atomic E-state index is -0.436. The molecule has 0 radical (unpaired) electrons. The summed E-state index contributed by atoms with van der Waals surface area (Å²) in [6.45, 7) is 3.77. The molecule has 0 saturated heterocycles. The summed E-state index contributed by atoms with van der Waals surface area (Å²) < 4.78 is 5.41. The van der Waals surface area contributed by atoms with Gasteiger partial charge in [-0.2, -0.15) is 0 Å². The van der Waals surface area contributed by atoms with E-state index in [1.54, 1.807) is 18.2 Å². The second-order valence-corrected chi connectivity index (χ2v) is 5.64. The lowest BCUT2D eigenvalue weighted by molar-refractivity contribution is -0.121. The molecule has 1 aromatic heterocycles. The normalized spacial score (nSPS) is 9.84. The monoisotopic (exact) mass is 358 g/mol. The Hall–Kier alpha value is -3.00. The first-order chi connectivity index (χ1) is 12.0. The molecule has 0 fully saturated rings. The maximum Gasteiger partial charge on any atom is 0.269 e. The fourth-order valence-electron chi connectivity index (χ4n) is 1.84. The zero-order valence-electron chi connectivity index (χ0n) is 13.8. The van der Waals surface area contributed by atoms with E-state index in [4.69, 9.17) is 17.0 Å². The number of carbonyl (C=O) groups is 2. The fourth-order valence-corrected chi connectivity index (χ4v) is 2.00. The van der Waals surface area contributed by atoms with Crippen molar-refractivity contribution in [3.05, 3.63) is 59.4 Å². The van der Waals surface area contributed by atoms with Crippen molar-refractivity contribution >= 4 is 29.1 Å². The van der Waals surface area contributed by atoms with E-state index in [2.05, 4.69) is 21.2 Å². The second-order valence-electron chi connectivity index (χ2n) is 5.23. The van der Waals surface area contributed by atoms with Crippen molar-refractivity contribution in [2.24, 2.45) is 0 Å². The number of ether oxygens (including phenoxy) is 1. The number of thiocarbonyl (C=S) groups is 1. The number of benzene rings is 1. The zero-order chi connectivity index (χ0) is 18.2. The van der Waals surface area contributed by atoms with E-state index < -0.39 is 11.8 Å². The minimum absolute atomic E-state index is 0.0314. The van der Waals surface area contributed by atoms with Crippen molar-refractivity contribution in [3.8, 4) is 5.75 Å². The summed E-state index contributed by atoms with van der Waals surface area (Å²) in [5, 5.41) is 2.38. The number of hydrazine groups is 1. The predicted octanol–water partition coefficient (Wildman–Crippen LogP) is 1.41. The number of nitrogens with zero attached hydrogens (tertiary/aromatic N) is 1. The average Bonchev–Trinajstić information content (AvgIpc) is 2.61. The SMILES string of the molecule is Cc1ccc(OCC(=O)NC(=S)NNC(=O)c2ccncc2)cc1C. The van der Waals surface area contributed by atoms with Crippen LogP contribution in [0.3, 0.4) is 0 Å². The van der Waals surface area contributed by atoms with E-state index >= 15 is 0 Å². The summed E-state index contributed by atoms with van der Waals surface area (Å²) in [6.07, 6.45) is 3.00. The van der Waals surface area contributed by atoms with Crippen LogP contribution in [0, 0.1) is 13.8 Å². The molecule has 0 aliphatic carbocycles. The van der Waals surface area contributed by atoms with Crippen LogP contribution < -0.4 is 20.9 Å². The number of pyridine rings is 1. The van der Waals surface area contributed by atoms with E-state index in [0.717, 1.165) is 11.1 Å². The van der Waals surface area contributed by atoms with Gasteiger partial charge < -0.3 is 4.74 Å². The molecule has 25 heavy (non-hydrogen) atoms. The van der Waals surface area contributed by atoms with E-state index in [1.807, 2.05) is 26.0 Å². The molecule has 2 amide bonds. The highest BCUT2D eigenvalue weighted by molar-refractivity contribution is 7.80. The third-order valence-corrected chi connectivity index (χ3v) is 3.54. The highest BCUT2D eigenvalue weighted by Gasteiger charge is 2.08. The van der Waals surface area contributed by atoms with Gasteiger partial charge in [0.25, 0.3) is 11.8 Å². The number of nitrogens with one attached hydrogen (secondary N) is 3. The number of amides is 2. The van der Waals surface area contributed by atoms with Gasteiger partial charge in [-0.1, -0.05) is 6.07 Å². The molecule has 2 aromatic rings. The van der Waals surface area contributed by atoms with Crippen molar-refractivity contribution < 1.29 is 14.3 Å². The van der Waals surface area contributed by atoms with Crippen LogP contribution in [0.1, 0.15) is 21.5 Å². The van der Waals surface area contributed by atoms with Crippen molar-refractivity contribution in [2.45, 2.75) is 13.8 Å². The van der Waals surface area contributed by atoms with Gasteiger partial charge in [-0.25, -0.2) is 0 Å². The summed E-state index contributed by atoms with van der Waals surface area (Å²) >= 11 is 4.94. The Morgan fingerprint density at radius 3 is 2.48 bits per heavy atom. The fraction of sp³-hybridized carbons (Fsp3) is 0.176. The summed E-state index contributed by atoms with van der Waals surface area (Å²) in [6, 6.07) is 8.67. The van der Waals surface area contributed by atoms with Gasteiger partial charge in [0.1, 0.15) is 5.75 Å². The van der Waals surface area contributed by atoms with Gasteiger partial charge in [0, 0.05) is 18.0 Å². The molecule has 0 atom stereocenters. The Kier molecular flexibility index (Phi) is 6.41. The van der Waals surface area contributed by atoms with Crippen LogP contribution >= 0.6 is 12.2 Å². The van der Waals surface area contributed by atoms with E-state index in [0.29, 0.717) is 11.3 Å². The molecule has 7 nitrogen and oxygen atoms in total. The smallest absolute Gasteiger partial charge is 0.269 e. The van der Waals surface area contributed by atoms with Crippen LogP contribution in [0.15, 0.2) is 42.7 Å². The first-order valence-electron chi connectivity index (χ1n) is 7.46. The lowest BCUT2D eigenvalue weighted by atomic mass is 10.1. The van der Waals surface area contributed by atoms with Crippen molar-refractivity contribution in [2.75, 3.05) is 6.61 Å². The molecule has 1 heterocycles. The highest BCUT2D eigenvalue weighted by atomic mass is 32.1. The van der Waals surface area contributed by atoms with Gasteiger partial charge in [-0.15, -0.1) is 0 Å². The number of aromatic nitrogens is 1. The molecule has 0 aliphatic rings. The largest absolute Gasteiger partial charge is 0.484 e. The Labute approximate surface area is 150 Å². The molecule has 0 saturated carbocycles. The molecule has 130 valence electrons. The minimum Gasteiger partial charge on any atom is -0.484 e. The maximum atomic E-state index is 11.8. The molecule has 0 spiro atoms. The summed E-state index contributed by atoms with van der Waals surface area (Å²) in [5.41, 5.74) is 7.46. The maximum absolute atomic E-state index is 11.8. The van der Waals surface area contributed by atoms with Crippen molar-refractivity contribution in [1.82, 2.24) is 21.2 Å². The number of rotatable bonds is 4. The molecule has 0 bridgehead atoms. The molecule has 3 N–H and O–H groups in total. The zero-order valence-corrected chi connectivity index (χ0v) is 14.6. The average molecular weight is 358 g/mol. The quantitative estimate of drug-likeness (QED) is 0.565. The molecule has 8 heteroatoms. The highest BCUT2D eigenvalue weighted by Crippen LogP contribution is 2.16. The second kappa shape index (κ2) is 8.74. The van der Waals surface area contributed by atoms with Gasteiger partial charge in [0.05, 0.1) is 0 Å². The number of hydrogen-bond acceptors (Lipinski definition) is 5. The topological polar surface area (TPSA) is 92.4 Å². The Morgan fingerprint density at radius 2 is 1.80 bits per heavy atom. The Bertz CT molecular complexity index is 781. The number of aryl methyl sites for hydroxylation is 2. The molecular weight excluding hydrogens is 340 g/mol. The van der Waals surface area contributed by atoms with E-state index in [9.17, 15) is 9.59 Å². The number of hydrogen-bond donors (Lipinski definition) is 3. The van der Waals surface area contributed by atoms with Gasteiger partial charge in [0.15, 0.2) is 11.7 Å². The number of carbonyl (C=O) groups excluding carboxylic acids is 2.